The standard InChI is InChI=1S/C30H24N4O8/c1-2-30(40)20-10-22-27-18(13-34(22)28(38)19(20)14-42-29(30)39)17(16-9-15-6-8-41-23(15)11-21(16)32-27)12-31-24(35)5-7-33-25(36)3-4-26(33)37/h3-5,7,9-11,40H,2,6,8,12-14H2,1H3,(H,31,35)/t30-/m0/s1. The molecule has 0 unspecified atom stereocenters. The van der Waals surface area contributed by atoms with Gasteiger partial charge in [0, 0.05) is 60.0 Å². The number of ether oxygens (including phenoxy) is 2. The minimum Gasteiger partial charge on any atom is -0.493 e. The van der Waals surface area contributed by atoms with Crippen LogP contribution in [-0.4, -0.2) is 49.9 Å². The lowest BCUT2D eigenvalue weighted by Crippen LogP contribution is -2.44. The van der Waals surface area contributed by atoms with E-state index in [0.29, 0.717) is 34.8 Å². The normalized spacial score (nSPS) is 20.0. The fraction of sp³-hybridized carbons (Fsp3) is 0.267. The molecule has 0 bridgehead atoms. The number of amides is 3. The van der Waals surface area contributed by atoms with Gasteiger partial charge in [-0.25, -0.2) is 9.78 Å². The van der Waals surface area contributed by atoms with Crippen LogP contribution in [0.4, 0.5) is 0 Å². The van der Waals surface area contributed by atoms with Crippen LogP contribution in [0, 0.1) is 0 Å². The van der Waals surface area contributed by atoms with Gasteiger partial charge in [0.1, 0.15) is 12.4 Å². The first-order chi connectivity index (χ1) is 20.2. The van der Waals surface area contributed by atoms with Crippen molar-refractivity contribution >= 4 is 34.6 Å². The van der Waals surface area contributed by atoms with E-state index >= 15 is 0 Å². The first kappa shape index (κ1) is 25.8. The number of rotatable bonds is 5. The Bertz CT molecular complexity index is 1890. The third-order valence-electron chi connectivity index (χ3n) is 8.27. The summed E-state index contributed by atoms with van der Waals surface area (Å²) in [6.07, 6.45) is 5.22. The lowest BCUT2D eigenvalue weighted by atomic mass is 9.86. The molecule has 2 aromatic heterocycles. The van der Waals surface area contributed by atoms with Gasteiger partial charge >= 0.3 is 5.97 Å². The third kappa shape index (κ3) is 3.72. The van der Waals surface area contributed by atoms with E-state index in [1.807, 2.05) is 12.1 Å². The number of nitrogens with zero attached hydrogens (tertiary/aromatic N) is 3. The molecule has 7 rings (SSSR count). The van der Waals surface area contributed by atoms with Crippen LogP contribution >= 0.6 is 0 Å². The van der Waals surface area contributed by atoms with E-state index in [1.165, 1.54) is 4.57 Å². The molecule has 12 nitrogen and oxygen atoms in total. The van der Waals surface area contributed by atoms with Crippen LogP contribution in [0.2, 0.25) is 0 Å². The van der Waals surface area contributed by atoms with Gasteiger partial charge in [0.15, 0.2) is 5.60 Å². The lowest BCUT2D eigenvalue weighted by Gasteiger charge is -2.31. The molecule has 0 fully saturated rings. The van der Waals surface area contributed by atoms with Crippen molar-refractivity contribution in [2.24, 2.45) is 0 Å². The molecule has 212 valence electrons. The van der Waals surface area contributed by atoms with Crippen molar-refractivity contribution in [2.45, 2.75) is 45.1 Å². The molecule has 4 aliphatic heterocycles. The highest BCUT2D eigenvalue weighted by Gasteiger charge is 2.45. The van der Waals surface area contributed by atoms with E-state index in [-0.39, 0.29) is 42.8 Å². The fourth-order valence-electron chi connectivity index (χ4n) is 5.97. The molecule has 1 atom stereocenters. The van der Waals surface area contributed by atoms with Gasteiger partial charge in [-0.3, -0.25) is 24.1 Å². The summed E-state index contributed by atoms with van der Waals surface area (Å²) < 4.78 is 12.5. The number of hydrogen-bond acceptors (Lipinski definition) is 9. The van der Waals surface area contributed by atoms with Crippen molar-refractivity contribution in [3.05, 3.63) is 80.8 Å². The Hall–Kier alpha value is -5.10. The molecule has 3 aromatic rings. The molecule has 0 spiro atoms. The Morgan fingerprint density at radius 1 is 1.12 bits per heavy atom. The molecule has 0 saturated heterocycles. The summed E-state index contributed by atoms with van der Waals surface area (Å²) in [7, 11) is 0. The van der Waals surface area contributed by atoms with E-state index in [2.05, 4.69) is 5.32 Å². The van der Waals surface area contributed by atoms with Crippen molar-refractivity contribution in [1.29, 1.82) is 0 Å². The molecule has 3 amide bonds. The molecule has 0 saturated carbocycles. The molecule has 42 heavy (non-hydrogen) atoms. The summed E-state index contributed by atoms with van der Waals surface area (Å²) in [6, 6.07) is 5.45. The number of carbonyl (C=O) groups is 4. The van der Waals surface area contributed by atoms with Gasteiger partial charge in [0.2, 0.25) is 5.91 Å². The van der Waals surface area contributed by atoms with Crippen LogP contribution in [0.5, 0.6) is 5.75 Å². The number of imide groups is 1. The van der Waals surface area contributed by atoms with Crippen LogP contribution in [0.3, 0.4) is 0 Å². The number of aromatic nitrogens is 2. The zero-order valence-corrected chi connectivity index (χ0v) is 22.4. The predicted molar refractivity (Wildman–Crippen MR) is 146 cm³/mol. The minimum atomic E-state index is -1.95. The van der Waals surface area contributed by atoms with Crippen molar-refractivity contribution in [2.75, 3.05) is 6.61 Å². The van der Waals surface area contributed by atoms with Crippen molar-refractivity contribution < 1.29 is 33.8 Å². The van der Waals surface area contributed by atoms with Gasteiger partial charge in [-0.1, -0.05) is 6.92 Å². The molecule has 6 heterocycles. The molecule has 1 aromatic carbocycles. The Morgan fingerprint density at radius 2 is 1.90 bits per heavy atom. The second kappa shape index (κ2) is 9.21. The first-order valence-corrected chi connectivity index (χ1v) is 13.5. The largest absolute Gasteiger partial charge is 0.493 e. The minimum absolute atomic E-state index is 0.0265. The summed E-state index contributed by atoms with van der Waals surface area (Å²) in [5, 5.41) is 14.8. The number of esters is 1. The maximum absolute atomic E-state index is 13.7. The summed E-state index contributed by atoms with van der Waals surface area (Å²) in [5.74, 6) is -1.69. The first-order valence-electron chi connectivity index (χ1n) is 13.5. The average Bonchev–Trinajstić information content (AvgIpc) is 3.68. The Kier molecular flexibility index (Phi) is 5.67. The highest BCUT2D eigenvalue weighted by atomic mass is 16.6. The number of benzene rings is 1. The monoisotopic (exact) mass is 568 g/mol. The van der Waals surface area contributed by atoms with Crippen LogP contribution in [-0.2, 0) is 55.6 Å². The smallest absolute Gasteiger partial charge is 0.343 e. The molecule has 0 aliphatic carbocycles. The van der Waals surface area contributed by atoms with Crippen molar-refractivity contribution in [1.82, 2.24) is 19.8 Å². The maximum Gasteiger partial charge on any atom is 0.343 e. The number of carbonyl (C=O) groups excluding carboxylic acids is 4. The lowest BCUT2D eigenvalue weighted by molar-refractivity contribution is -0.172. The van der Waals surface area contributed by atoms with E-state index in [9.17, 15) is 29.1 Å². The highest BCUT2D eigenvalue weighted by Crippen LogP contribution is 2.41. The van der Waals surface area contributed by atoms with Crippen LogP contribution in [0.15, 0.2) is 47.4 Å². The van der Waals surface area contributed by atoms with E-state index in [1.54, 1.807) is 13.0 Å². The van der Waals surface area contributed by atoms with Gasteiger partial charge < -0.3 is 24.5 Å². The molecule has 4 aliphatic rings. The number of cyclic esters (lactones) is 1. The van der Waals surface area contributed by atoms with E-state index in [0.717, 1.165) is 52.3 Å². The van der Waals surface area contributed by atoms with Gasteiger partial charge in [-0.2, -0.15) is 0 Å². The van der Waals surface area contributed by atoms with E-state index in [4.69, 9.17) is 14.5 Å². The molecule has 0 radical (unpaired) electrons. The fourth-order valence-corrected chi connectivity index (χ4v) is 5.97. The Balaban J connectivity index is 1.32. The zero-order chi connectivity index (χ0) is 29.3. The van der Waals surface area contributed by atoms with Gasteiger partial charge in [-0.05, 0) is 29.7 Å². The second-order valence-electron chi connectivity index (χ2n) is 10.5. The van der Waals surface area contributed by atoms with Gasteiger partial charge in [0.25, 0.3) is 17.4 Å². The molecule has 12 heteroatoms. The zero-order valence-electron chi connectivity index (χ0n) is 22.4. The summed E-state index contributed by atoms with van der Waals surface area (Å²) >= 11 is 0. The van der Waals surface area contributed by atoms with Crippen molar-refractivity contribution in [3.8, 4) is 17.1 Å². The number of aliphatic hydroxyl groups is 1. The van der Waals surface area contributed by atoms with E-state index < -0.39 is 29.3 Å². The quantitative estimate of drug-likeness (QED) is 0.204. The molecular weight excluding hydrogens is 544 g/mol. The summed E-state index contributed by atoms with van der Waals surface area (Å²) in [4.78, 5) is 68.3. The third-order valence-corrected chi connectivity index (χ3v) is 8.27. The highest BCUT2D eigenvalue weighted by molar-refractivity contribution is 6.14. The predicted octanol–water partition coefficient (Wildman–Crippen LogP) is 1.07. The number of pyridine rings is 2. The van der Waals surface area contributed by atoms with Gasteiger partial charge in [-0.15, -0.1) is 0 Å². The summed E-state index contributed by atoms with van der Waals surface area (Å²) in [5.41, 5.74) is 2.08. The number of fused-ring (bicyclic) bond motifs is 6. The molecular formula is C30H24N4O8. The topological polar surface area (TPSA) is 157 Å². The van der Waals surface area contributed by atoms with Crippen molar-refractivity contribution in [3.63, 3.8) is 0 Å². The maximum atomic E-state index is 13.7. The molecule has 2 N–H and O–H groups in total. The van der Waals surface area contributed by atoms with Crippen LogP contribution in [0.1, 0.15) is 41.2 Å². The average molecular weight is 569 g/mol. The number of nitrogens with one attached hydrogen (secondary N) is 1. The SMILES string of the molecule is CC[C@@]1(O)C(=O)OCc2c1cc1n(c2=O)Cc2c-1nc1cc3c(cc1c2CNC(=O)C=CN1C(=O)C=CC1=O)CCO3. The Labute approximate surface area is 237 Å². The summed E-state index contributed by atoms with van der Waals surface area (Å²) in [6.45, 7) is 2.17. The number of hydrogen-bond donors (Lipinski definition) is 2. The van der Waals surface area contributed by atoms with Crippen LogP contribution < -0.4 is 15.6 Å². The Morgan fingerprint density at radius 3 is 2.67 bits per heavy atom. The van der Waals surface area contributed by atoms with Crippen LogP contribution in [0.25, 0.3) is 22.3 Å². The second-order valence-corrected chi connectivity index (χ2v) is 10.5. The van der Waals surface area contributed by atoms with Gasteiger partial charge in [0.05, 0.1) is 35.6 Å².